The molecule has 5 rings (SSSR count). The molecule has 1 unspecified atom stereocenters. The number of imidazole rings is 1. The van der Waals surface area contributed by atoms with Gasteiger partial charge in [0.05, 0.1) is 5.52 Å². The number of hydrogen-bond acceptors (Lipinski definition) is 8. The van der Waals surface area contributed by atoms with Crippen molar-refractivity contribution < 1.29 is 19.4 Å². The molecule has 2 aliphatic heterocycles. The van der Waals surface area contributed by atoms with Crippen LogP contribution in [0.1, 0.15) is 19.8 Å². The highest BCUT2D eigenvalue weighted by Gasteiger charge is 2.28. The van der Waals surface area contributed by atoms with Gasteiger partial charge >= 0.3 is 0 Å². The van der Waals surface area contributed by atoms with E-state index in [0.29, 0.717) is 41.8 Å². The van der Waals surface area contributed by atoms with Crippen molar-refractivity contribution in [2.75, 3.05) is 25.6 Å². The first-order valence-electron chi connectivity index (χ1n) is 10.7. The third-order valence-electron chi connectivity index (χ3n) is 6.00. The third kappa shape index (κ3) is 4.36. The van der Waals surface area contributed by atoms with Gasteiger partial charge in [0.2, 0.25) is 6.79 Å². The van der Waals surface area contributed by atoms with Gasteiger partial charge in [-0.1, -0.05) is 11.8 Å². The number of likely N-dealkylation sites (tertiary alicyclic amines) is 1. The molecule has 1 aromatic carbocycles. The Labute approximate surface area is 203 Å². The number of aryl methyl sites for hydroxylation is 1. The van der Waals surface area contributed by atoms with Gasteiger partial charge in [-0.05, 0) is 59.8 Å². The fourth-order valence-corrected chi connectivity index (χ4v) is 5.79. The van der Waals surface area contributed by atoms with Crippen LogP contribution in [0.15, 0.2) is 38.9 Å². The molecule has 1 fully saturated rings. The van der Waals surface area contributed by atoms with Gasteiger partial charge < -0.3 is 29.8 Å². The van der Waals surface area contributed by atoms with Crippen molar-refractivity contribution >= 4 is 50.5 Å². The number of fused-ring (bicyclic) bond motifs is 2. The number of benzene rings is 1. The SMILES string of the molecule is C[C@@H](O)C(=O)N1CCC(CCn2c(Sc3cc4c(cc3Br)OCO4)nc3c(N)nccc32)C1. The first kappa shape index (κ1) is 22.3. The molecule has 2 aromatic heterocycles. The van der Waals surface area contributed by atoms with E-state index >= 15 is 0 Å². The van der Waals surface area contributed by atoms with E-state index in [-0.39, 0.29) is 12.7 Å². The lowest BCUT2D eigenvalue weighted by Crippen LogP contribution is -2.36. The second-order valence-electron chi connectivity index (χ2n) is 8.25. The van der Waals surface area contributed by atoms with E-state index in [1.54, 1.807) is 11.1 Å². The Balaban J connectivity index is 1.40. The fraction of sp³-hybridized carbons (Fsp3) is 0.409. The largest absolute Gasteiger partial charge is 0.454 e. The molecule has 11 heteroatoms. The normalized spacial score (nSPS) is 18.3. The molecule has 4 heterocycles. The predicted octanol–water partition coefficient (Wildman–Crippen LogP) is 3.28. The van der Waals surface area contributed by atoms with Gasteiger partial charge in [-0.2, -0.15) is 0 Å². The molecular formula is C22H24BrN5O4S. The average Bonchev–Trinajstić information content (AvgIpc) is 3.51. The summed E-state index contributed by atoms with van der Waals surface area (Å²) in [6.07, 6.45) is 2.54. The van der Waals surface area contributed by atoms with Gasteiger partial charge in [-0.25, -0.2) is 9.97 Å². The maximum absolute atomic E-state index is 12.1. The van der Waals surface area contributed by atoms with Crippen molar-refractivity contribution in [1.29, 1.82) is 0 Å². The number of carbonyl (C=O) groups is 1. The Bertz CT molecular complexity index is 1220. The molecule has 0 spiro atoms. The Morgan fingerprint density at radius 2 is 2.18 bits per heavy atom. The molecule has 2 atom stereocenters. The maximum Gasteiger partial charge on any atom is 0.251 e. The van der Waals surface area contributed by atoms with Crippen molar-refractivity contribution in [3.63, 3.8) is 0 Å². The molecule has 0 aliphatic carbocycles. The number of aliphatic hydroxyl groups excluding tert-OH is 1. The van der Waals surface area contributed by atoms with Crippen molar-refractivity contribution in [3.8, 4) is 11.5 Å². The molecule has 0 radical (unpaired) electrons. The molecule has 0 bridgehead atoms. The average molecular weight is 534 g/mol. The number of halogens is 1. The second kappa shape index (κ2) is 9.03. The molecule has 174 valence electrons. The summed E-state index contributed by atoms with van der Waals surface area (Å²) in [5.41, 5.74) is 7.73. The summed E-state index contributed by atoms with van der Waals surface area (Å²) in [5, 5.41) is 10.4. The van der Waals surface area contributed by atoms with Gasteiger partial charge in [0.15, 0.2) is 22.5 Å². The Morgan fingerprint density at radius 3 is 2.97 bits per heavy atom. The van der Waals surface area contributed by atoms with Crippen molar-refractivity contribution in [2.45, 2.75) is 42.5 Å². The molecule has 2 aliphatic rings. The lowest BCUT2D eigenvalue weighted by atomic mass is 10.1. The quantitative estimate of drug-likeness (QED) is 0.495. The molecule has 3 aromatic rings. The van der Waals surface area contributed by atoms with Crippen LogP contribution in [-0.2, 0) is 11.3 Å². The minimum atomic E-state index is -0.958. The molecule has 3 N–H and O–H groups in total. The van der Waals surface area contributed by atoms with E-state index in [2.05, 4.69) is 25.5 Å². The van der Waals surface area contributed by atoms with E-state index in [1.807, 2.05) is 18.2 Å². The predicted molar refractivity (Wildman–Crippen MR) is 127 cm³/mol. The monoisotopic (exact) mass is 533 g/mol. The molecule has 0 saturated carbocycles. The Kier molecular flexibility index (Phi) is 6.11. The summed E-state index contributed by atoms with van der Waals surface area (Å²) in [7, 11) is 0. The zero-order valence-corrected chi connectivity index (χ0v) is 20.4. The van der Waals surface area contributed by atoms with Crippen molar-refractivity contribution in [2.24, 2.45) is 5.92 Å². The standard InChI is InChI=1S/C22H24BrN5O4S/c1-12(29)21(30)27-6-3-13(10-27)4-7-28-15-2-5-25-20(24)19(15)26-22(28)33-18-9-17-16(8-14(18)23)31-11-32-17/h2,5,8-9,12-13,29H,3-4,6-7,10-11H2,1H3,(H2,24,25)/t12-,13?/m1/s1. The maximum atomic E-state index is 12.1. The summed E-state index contributed by atoms with van der Waals surface area (Å²) in [4.78, 5) is 23.8. The minimum Gasteiger partial charge on any atom is -0.454 e. The smallest absolute Gasteiger partial charge is 0.251 e. The van der Waals surface area contributed by atoms with Crippen LogP contribution in [0.4, 0.5) is 5.82 Å². The van der Waals surface area contributed by atoms with Gasteiger partial charge in [0, 0.05) is 35.2 Å². The van der Waals surface area contributed by atoms with E-state index < -0.39 is 6.10 Å². The summed E-state index contributed by atoms with van der Waals surface area (Å²) >= 11 is 5.15. The van der Waals surface area contributed by atoms with Crippen molar-refractivity contribution in [1.82, 2.24) is 19.4 Å². The van der Waals surface area contributed by atoms with Crippen LogP contribution >= 0.6 is 27.7 Å². The van der Waals surface area contributed by atoms with Gasteiger partial charge in [0.1, 0.15) is 11.6 Å². The number of hydrogen-bond donors (Lipinski definition) is 2. The van der Waals surface area contributed by atoms with E-state index in [9.17, 15) is 9.90 Å². The number of nitrogen functional groups attached to an aromatic ring is 1. The lowest BCUT2D eigenvalue weighted by molar-refractivity contribution is -0.138. The molecule has 9 nitrogen and oxygen atoms in total. The van der Waals surface area contributed by atoms with Crippen LogP contribution in [0.5, 0.6) is 11.5 Å². The van der Waals surface area contributed by atoms with Gasteiger partial charge in [-0.15, -0.1) is 0 Å². The summed E-state index contributed by atoms with van der Waals surface area (Å²) in [5.74, 6) is 1.98. The van der Waals surface area contributed by atoms with E-state index in [1.165, 1.54) is 18.7 Å². The van der Waals surface area contributed by atoms with Gasteiger partial charge in [-0.3, -0.25) is 4.79 Å². The number of aromatic nitrogens is 3. The number of anilines is 1. The second-order valence-corrected chi connectivity index (χ2v) is 10.1. The lowest BCUT2D eigenvalue weighted by Gasteiger charge is -2.18. The van der Waals surface area contributed by atoms with Crippen LogP contribution in [0, 0.1) is 5.92 Å². The number of rotatable bonds is 6. The summed E-state index contributed by atoms with van der Waals surface area (Å²) in [6.45, 7) is 3.81. The highest BCUT2D eigenvalue weighted by atomic mass is 79.9. The van der Waals surface area contributed by atoms with Crippen molar-refractivity contribution in [3.05, 3.63) is 28.9 Å². The highest BCUT2D eigenvalue weighted by Crippen LogP contribution is 2.43. The van der Waals surface area contributed by atoms with Crippen LogP contribution in [0.25, 0.3) is 11.0 Å². The number of amides is 1. The van der Waals surface area contributed by atoms with Crippen LogP contribution in [0.3, 0.4) is 0 Å². The first-order valence-corrected chi connectivity index (χ1v) is 12.4. The zero-order chi connectivity index (χ0) is 23.1. The highest BCUT2D eigenvalue weighted by molar-refractivity contribution is 9.10. The summed E-state index contributed by atoms with van der Waals surface area (Å²) in [6, 6.07) is 5.77. The topological polar surface area (TPSA) is 116 Å². The fourth-order valence-electron chi connectivity index (χ4n) is 4.26. The number of pyridine rings is 1. The number of nitrogens with two attached hydrogens (primary N) is 1. The first-order chi connectivity index (χ1) is 15.9. The van der Waals surface area contributed by atoms with E-state index in [4.69, 9.17) is 20.2 Å². The molecular weight excluding hydrogens is 510 g/mol. The molecule has 33 heavy (non-hydrogen) atoms. The molecule has 1 amide bonds. The third-order valence-corrected chi connectivity index (χ3v) is 7.98. The number of carbonyl (C=O) groups excluding carboxylic acids is 1. The van der Waals surface area contributed by atoms with Crippen LogP contribution in [0.2, 0.25) is 0 Å². The minimum absolute atomic E-state index is 0.201. The number of aliphatic hydroxyl groups is 1. The molecule has 1 saturated heterocycles. The zero-order valence-electron chi connectivity index (χ0n) is 18.0. The summed E-state index contributed by atoms with van der Waals surface area (Å²) < 4.78 is 14.0. The van der Waals surface area contributed by atoms with Crippen LogP contribution in [-0.4, -0.2) is 56.4 Å². The number of nitrogens with zero attached hydrogens (tertiary/aromatic N) is 4. The number of ether oxygens (including phenoxy) is 2. The Hall–Kier alpha value is -2.50. The Morgan fingerprint density at radius 1 is 1.39 bits per heavy atom. The van der Waals surface area contributed by atoms with Gasteiger partial charge in [0.25, 0.3) is 5.91 Å². The van der Waals surface area contributed by atoms with E-state index in [0.717, 1.165) is 39.4 Å². The van der Waals surface area contributed by atoms with Crippen LogP contribution < -0.4 is 15.2 Å².